The first-order valence-electron chi connectivity index (χ1n) is 6.78. The lowest BCUT2D eigenvalue weighted by molar-refractivity contribution is 0.0658. The number of alkyl halides is 1. The zero-order valence-electron chi connectivity index (χ0n) is 11.5. The predicted octanol–water partition coefficient (Wildman–Crippen LogP) is 2.05. The van der Waals surface area contributed by atoms with E-state index in [1.54, 1.807) is 4.90 Å². The molecule has 1 fully saturated rings. The average Bonchev–Trinajstić information content (AvgIpc) is 2.97. The second kappa shape index (κ2) is 7.05. The third kappa shape index (κ3) is 3.93. The molecule has 0 aromatic carbocycles. The molecule has 0 spiro atoms. The number of carboxylic acids is 1. The quantitative estimate of drug-likeness (QED) is 0.836. The van der Waals surface area contributed by atoms with Gasteiger partial charge in [0.15, 0.2) is 5.89 Å². The highest BCUT2D eigenvalue weighted by atomic mass is 19.1. The third-order valence-electron chi connectivity index (χ3n) is 3.34. The molecule has 21 heavy (non-hydrogen) atoms. The van der Waals surface area contributed by atoms with Crippen LogP contribution in [0.5, 0.6) is 0 Å². The summed E-state index contributed by atoms with van der Waals surface area (Å²) in [7, 11) is 0. The largest absolute Gasteiger partial charge is 0.475 e. The number of oxazole rings is 1. The minimum atomic E-state index is -1.15. The Morgan fingerprint density at radius 2 is 2.19 bits per heavy atom. The van der Waals surface area contributed by atoms with Gasteiger partial charge in [0.05, 0.1) is 19.5 Å². The number of nitrogens with zero attached hydrogens (tertiary/aromatic N) is 2. The fraction of sp³-hybridized carbons (Fsp3) is 0.615. The van der Waals surface area contributed by atoms with Crippen molar-refractivity contribution in [3.05, 3.63) is 17.8 Å². The molecule has 1 aromatic heterocycles. The van der Waals surface area contributed by atoms with Crippen molar-refractivity contribution in [2.24, 2.45) is 0 Å². The van der Waals surface area contributed by atoms with Gasteiger partial charge in [-0.2, -0.15) is 0 Å². The van der Waals surface area contributed by atoms with Gasteiger partial charge in [-0.1, -0.05) is 0 Å². The van der Waals surface area contributed by atoms with Crippen LogP contribution in [0.2, 0.25) is 0 Å². The van der Waals surface area contributed by atoms with Gasteiger partial charge < -0.3 is 19.2 Å². The zero-order chi connectivity index (χ0) is 15.2. The number of amides is 1. The summed E-state index contributed by atoms with van der Waals surface area (Å²) < 4.78 is 22.0. The normalized spacial score (nSPS) is 16.0. The lowest BCUT2D eigenvalue weighted by Gasteiger charge is -2.29. The topological polar surface area (TPSA) is 92.9 Å². The Kier molecular flexibility index (Phi) is 5.13. The monoisotopic (exact) mass is 300 g/mol. The summed E-state index contributed by atoms with van der Waals surface area (Å²) in [5.74, 6) is -0.952. The minimum Gasteiger partial charge on any atom is -0.475 e. The van der Waals surface area contributed by atoms with Gasteiger partial charge in [-0.05, 0) is 12.8 Å². The molecule has 8 heteroatoms. The summed E-state index contributed by atoms with van der Waals surface area (Å²) in [6, 6.07) is 0. The Morgan fingerprint density at radius 1 is 1.48 bits per heavy atom. The molecule has 1 saturated heterocycles. The van der Waals surface area contributed by atoms with Crippen LogP contribution in [0.25, 0.3) is 0 Å². The third-order valence-corrected chi connectivity index (χ3v) is 3.34. The van der Waals surface area contributed by atoms with E-state index in [9.17, 15) is 14.0 Å². The molecular weight excluding hydrogens is 283 g/mol. The van der Waals surface area contributed by atoms with Crippen LogP contribution in [-0.4, -0.2) is 53.4 Å². The number of likely N-dealkylation sites (tertiary alicyclic amines) is 1. The highest BCUT2D eigenvalue weighted by Gasteiger charge is 2.28. The lowest BCUT2D eigenvalue weighted by atomic mass is 9.97. The number of hydrogen-bond acceptors (Lipinski definition) is 5. The van der Waals surface area contributed by atoms with E-state index in [1.165, 1.54) is 6.20 Å². The van der Waals surface area contributed by atoms with Crippen molar-refractivity contribution in [1.82, 2.24) is 9.88 Å². The van der Waals surface area contributed by atoms with Crippen LogP contribution < -0.4 is 0 Å². The summed E-state index contributed by atoms with van der Waals surface area (Å²) in [5.41, 5.74) is 0. The van der Waals surface area contributed by atoms with Crippen LogP contribution in [0.1, 0.15) is 41.6 Å². The maximum atomic E-state index is 11.9. The molecule has 0 aliphatic carbocycles. The molecule has 0 saturated carbocycles. The summed E-state index contributed by atoms with van der Waals surface area (Å²) in [6.45, 7) is 0.524. The number of aromatic nitrogens is 1. The number of halogens is 1. The Labute approximate surface area is 120 Å². The number of carboxylic acid groups (broad SMARTS) is 1. The van der Waals surface area contributed by atoms with E-state index in [0.29, 0.717) is 31.8 Å². The molecule has 0 bridgehead atoms. The van der Waals surface area contributed by atoms with E-state index in [2.05, 4.69) is 4.98 Å². The van der Waals surface area contributed by atoms with E-state index < -0.39 is 18.7 Å². The standard InChI is InChI=1S/C13H17FN2O5/c14-4-1-7-20-13(19)16-5-2-9(3-6-16)11-15-8-10(21-11)12(17)18/h8-9H,1-7H2,(H,17,18). The Morgan fingerprint density at radius 3 is 2.76 bits per heavy atom. The van der Waals surface area contributed by atoms with Crippen molar-refractivity contribution in [2.45, 2.75) is 25.2 Å². The van der Waals surface area contributed by atoms with Crippen LogP contribution in [0.4, 0.5) is 9.18 Å². The van der Waals surface area contributed by atoms with Crippen molar-refractivity contribution in [3.63, 3.8) is 0 Å². The highest BCUT2D eigenvalue weighted by molar-refractivity contribution is 5.83. The van der Waals surface area contributed by atoms with Crippen LogP contribution in [0.15, 0.2) is 10.6 Å². The number of rotatable bonds is 5. The number of carbonyl (C=O) groups is 2. The first kappa shape index (κ1) is 15.3. The zero-order valence-corrected chi connectivity index (χ0v) is 11.5. The molecule has 0 unspecified atom stereocenters. The fourth-order valence-corrected chi connectivity index (χ4v) is 2.19. The van der Waals surface area contributed by atoms with Gasteiger partial charge >= 0.3 is 12.1 Å². The van der Waals surface area contributed by atoms with Gasteiger partial charge in [0.1, 0.15) is 0 Å². The summed E-state index contributed by atoms with van der Waals surface area (Å²) in [4.78, 5) is 27.9. The molecule has 1 aliphatic rings. The highest BCUT2D eigenvalue weighted by Crippen LogP contribution is 2.27. The Balaban J connectivity index is 1.82. The lowest BCUT2D eigenvalue weighted by Crippen LogP contribution is -2.38. The second-order valence-corrected chi connectivity index (χ2v) is 4.79. The van der Waals surface area contributed by atoms with Crippen molar-refractivity contribution in [3.8, 4) is 0 Å². The van der Waals surface area contributed by atoms with Gasteiger partial charge in [-0.25, -0.2) is 14.6 Å². The summed E-state index contributed by atoms with van der Waals surface area (Å²) in [6.07, 6.45) is 2.20. The first-order chi connectivity index (χ1) is 10.1. The molecule has 1 aromatic rings. The van der Waals surface area contributed by atoms with E-state index in [4.69, 9.17) is 14.3 Å². The van der Waals surface area contributed by atoms with Crippen molar-refractivity contribution in [2.75, 3.05) is 26.4 Å². The molecule has 1 N–H and O–H groups in total. The van der Waals surface area contributed by atoms with Crippen molar-refractivity contribution < 1.29 is 28.2 Å². The van der Waals surface area contributed by atoms with Crippen LogP contribution >= 0.6 is 0 Å². The van der Waals surface area contributed by atoms with E-state index in [-0.39, 0.29) is 24.7 Å². The van der Waals surface area contributed by atoms with Gasteiger partial charge in [0, 0.05) is 25.4 Å². The fourth-order valence-electron chi connectivity index (χ4n) is 2.19. The second-order valence-electron chi connectivity index (χ2n) is 4.79. The number of ether oxygens (including phenoxy) is 1. The van der Waals surface area contributed by atoms with Crippen molar-refractivity contribution in [1.29, 1.82) is 0 Å². The number of hydrogen-bond donors (Lipinski definition) is 1. The molecule has 1 aliphatic heterocycles. The van der Waals surface area contributed by atoms with Crippen LogP contribution in [-0.2, 0) is 4.74 Å². The average molecular weight is 300 g/mol. The van der Waals surface area contributed by atoms with Crippen LogP contribution in [0, 0.1) is 0 Å². The maximum Gasteiger partial charge on any atom is 0.409 e. The first-order valence-corrected chi connectivity index (χ1v) is 6.78. The molecule has 2 heterocycles. The van der Waals surface area contributed by atoms with Gasteiger partial charge in [-0.3, -0.25) is 4.39 Å². The molecule has 7 nitrogen and oxygen atoms in total. The smallest absolute Gasteiger partial charge is 0.409 e. The maximum absolute atomic E-state index is 11.9. The molecule has 1 amide bonds. The molecule has 2 rings (SSSR count). The van der Waals surface area contributed by atoms with Gasteiger partial charge in [-0.15, -0.1) is 0 Å². The molecule has 0 atom stereocenters. The Bertz CT molecular complexity index is 497. The predicted molar refractivity (Wildman–Crippen MR) is 69.0 cm³/mol. The summed E-state index contributed by atoms with van der Waals surface area (Å²) >= 11 is 0. The number of carbonyl (C=O) groups excluding carboxylic acids is 1. The number of piperidine rings is 1. The van der Waals surface area contributed by atoms with E-state index >= 15 is 0 Å². The van der Waals surface area contributed by atoms with Gasteiger partial charge in [0.25, 0.3) is 0 Å². The molecular formula is C13H17FN2O5. The SMILES string of the molecule is O=C(O)c1cnc(C2CCN(C(=O)OCCCF)CC2)o1. The summed E-state index contributed by atoms with van der Waals surface area (Å²) in [5, 5.41) is 8.78. The Hall–Kier alpha value is -2.12. The van der Waals surface area contributed by atoms with Crippen LogP contribution in [0.3, 0.4) is 0 Å². The van der Waals surface area contributed by atoms with E-state index in [0.717, 1.165) is 0 Å². The minimum absolute atomic E-state index is 0.00649. The number of aromatic carboxylic acids is 1. The van der Waals surface area contributed by atoms with E-state index in [1.807, 2.05) is 0 Å². The van der Waals surface area contributed by atoms with Gasteiger partial charge in [0.2, 0.25) is 5.76 Å². The molecule has 116 valence electrons. The van der Waals surface area contributed by atoms with Crippen molar-refractivity contribution >= 4 is 12.1 Å². The molecule has 0 radical (unpaired) electrons.